The highest BCUT2D eigenvalue weighted by atomic mass is 35.5. The van der Waals surface area contributed by atoms with Crippen LogP contribution in [0.2, 0.25) is 5.02 Å². The summed E-state index contributed by atoms with van der Waals surface area (Å²) in [5.74, 6) is 0.692. The number of ether oxygens (including phenoxy) is 1. The second-order valence-electron chi connectivity index (χ2n) is 4.02. The first kappa shape index (κ1) is 11.3. The zero-order valence-electron chi connectivity index (χ0n) is 9.02. The smallest absolute Gasteiger partial charge is 0.137 e. The van der Waals surface area contributed by atoms with E-state index in [0.29, 0.717) is 10.8 Å². The Hall–Kier alpha value is -0.730. The molecule has 0 aliphatic rings. The van der Waals surface area contributed by atoms with Gasteiger partial charge in [-0.05, 0) is 44.0 Å². The van der Waals surface area contributed by atoms with E-state index in [4.69, 9.17) is 22.1 Å². The minimum Gasteiger partial charge on any atom is -0.495 e. The minimum atomic E-state index is -0.375. The van der Waals surface area contributed by atoms with Crippen molar-refractivity contribution in [3.8, 4) is 5.75 Å². The van der Waals surface area contributed by atoms with Gasteiger partial charge in [0.25, 0.3) is 0 Å². The summed E-state index contributed by atoms with van der Waals surface area (Å²) in [6, 6.07) is 3.78. The van der Waals surface area contributed by atoms with Gasteiger partial charge in [-0.3, -0.25) is 0 Å². The van der Waals surface area contributed by atoms with Gasteiger partial charge < -0.3 is 10.5 Å². The summed E-state index contributed by atoms with van der Waals surface area (Å²) in [6.07, 6.45) is 0. The van der Waals surface area contributed by atoms with Gasteiger partial charge in [-0.15, -0.1) is 0 Å². The maximum absolute atomic E-state index is 6.03. The molecule has 0 aliphatic heterocycles. The molecule has 0 heterocycles. The summed E-state index contributed by atoms with van der Waals surface area (Å²) in [6.45, 7) is 5.92. The van der Waals surface area contributed by atoms with E-state index in [0.717, 1.165) is 11.1 Å². The molecule has 0 radical (unpaired) electrons. The van der Waals surface area contributed by atoms with E-state index in [1.165, 1.54) is 0 Å². The summed E-state index contributed by atoms with van der Waals surface area (Å²) < 4.78 is 5.12. The maximum Gasteiger partial charge on any atom is 0.137 e. The van der Waals surface area contributed by atoms with Crippen molar-refractivity contribution in [2.24, 2.45) is 5.73 Å². The molecule has 0 amide bonds. The highest BCUT2D eigenvalue weighted by molar-refractivity contribution is 6.32. The predicted octanol–water partition coefficient (Wildman–Crippen LogP) is 2.85. The predicted molar refractivity (Wildman–Crippen MR) is 60.0 cm³/mol. The van der Waals surface area contributed by atoms with Crippen molar-refractivity contribution in [3.63, 3.8) is 0 Å². The molecule has 0 unspecified atom stereocenters. The molecular formula is C11H16ClNO. The molecule has 0 atom stereocenters. The van der Waals surface area contributed by atoms with E-state index >= 15 is 0 Å². The van der Waals surface area contributed by atoms with E-state index in [9.17, 15) is 0 Å². The van der Waals surface area contributed by atoms with Crippen molar-refractivity contribution in [1.29, 1.82) is 0 Å². The second-order valence-corrected chi connectivity index (χ2v) is 4.43. The average Bonchev–Trinajstić information content (AvgIpc) is 2.06. The summed E-state index contributed by atoms with van der Waals surface area (Å²) in [7, 11) is 1.61. The topological polar surface area (TPSA) is 35.2 Å². The summed E-state index contributed by atoms with van der Waals surface area (Å²) in [5, 5.41) is 0.603. The number of hydrogen-bond donors (Lipinski definition) is 1. The number of methoxy groups -OCH3 is 1. The highest BCUT2D eigenvalue weighted by Gasteiger charge is 2.18. The van der Waals surface area contributed by atoms with Crippen LogP contribution in [0.5, 0.6) is 5.75 Å². The Labute approximate surface area is 90.0 Å². The molecular weight excluding hydrogens is 198 g/mol. The van der Waals surface area contributed by atoms with E-state index in [1.807, 2.05) is 32.9 Å². The summed E-state index contributed by atoms with van der Waals surface area (Å²) in [5.41, 5.74) is 7.78. The number of aryl methyl sites for hydroxylation is 1. The van der Waals surface area contributed by atoms with Crippen LogP contribution in [0.1, 0.15) is 25.0 Å². The first-order valence-electron chi connectivity index (χ1n) is 4.49. The van der Waals surface area contributed by atoms with Crippen LogP contribution in [0.4, 0.5) is 0 Å². The minimum absolute atomic E-state index is 0.375. The molecule has 1 aromatic carbocycles. The largest absolute Gasteiger partial charge is 0.495 e. The van der Waals surface area contributed by atoms with Crippen LogP contribution >= 0.6 is 11.6 Å². The van der Waals surface area contributed by atoms with Gasteiger partial charge in [0.15, 0.2) is 0 Å². The Kier molecular flexibility index (Phi) is 3.07. The number of rotatable bonds is 2. The Morgan fingerprint density at radius 1 is 1.36 bits per heavy atom. The van der Waals surface area contributed by atoms with Crippen LogP contribution in [-0.4, -0.2) is 7.11 Å². The molecule has 3 heteroatoms. The molecule has 0 aliphatic carbocycles. The zero-order valence-corrected chi connectivity index (χ0v) is 9.77. The van der Waals surface area contributed by atoms with Gasteiger partial charge in [0, 0.05) is 5.54 Å². The number of benzene rings is 1. The molecule has 0 saturated carbocycles. The Bertz CT molecular complexity index is 342. The number of nitrogens with two attached hydrogens (primary N) is 1. The summed E-state index contributed by atoms with van der Waals surface area (Å²) >= 11 is 6.03. The maximum atomic E-state index is 6.03. The number of halogens is 1. The molecule has 0 fully saturated rings. The second kappa shape index (κ2) is 3.79. The molecule has 0 aromatic heterocycles. The van der Waals surface area contributed by atoms with Crippen molar-refractivity contribution in [2.75, 3.05) is 7.11 Å². The van der Waals surface area contributed by atoms with Crippen molar-refractivity contribution < 1.29 is 4.74 Å². The molecule has 14 heavy (non-hydrogen) atoms. The fourth-order valence-electron chi connectivity index (χ4n) is 1.51. The van der Waals surface area contributed by atoms with Crippen molar-refractivity contribution in [2.45, 2.75) is 26.3 Å². The SMILES string of the molecule is COc1cc(C)c(C(C)(C)N)cc1Cl. The Morgan fingerprint density at radius 2 is 1.93 bits per heavy atom. The molecule has 2 nitrogen and oxygen atoms in total. The van der Waals surface area contributed by atoms with Gasteiger partial charge in [0.1, 0.15) is 5.75 Å². The molecule has 2 N–H and O–H groups in total. The first-order valence-corrected chi connectivity index (χ1v) is 4.87. The Morgan fingerprint density at radius 3 is 2.36 bits per heavy atom. The fraction of sp³-hybridized carbons (Fsp3) is 0.455. The van der Waals surface area contributed by atoms with Gasteiger partial charge in [-0.25, -0.2) is 0 Å². The third-order valence-electron chi connectivity index (χ3n) is 2.19. The lowest BCUT2D eigenvalue weighted by Crippen LogP contribution is -2.29. The molecule has 1 rings (SSSR count). The first-order chi connectivity index (χ1) is 6.36. The highest BCUT2D eigenvalue weighted by Crippen LogP contribution is 2.31. The fourth-order valence-corrected chi connectivity index (χ4v) is 1.75. The quantitative estimate of drug-likeness (QED) is 0.820. The van der Waals surface area contributed by atoms with Crippen LogP contribution in [0, 0.1) is 6.92 Å². The molecule has 78 valence electrons. The van der Waals surface area contributed by atoms with Gasteiger partial charge in [-0.1, -0.05) is 11.6 Å². The monoisotopic (exact) mass is 213 g/mol. The lowest BCUT2D eigenvalue weighted by atomic mass is 9.91. The van der Waals surface area contributed by atoms with Crippen molar-refractivity contribution in [1.82, 2.24) is 0 Å². The van der Waals surface area contributed by atoms with Crippen LogP contribution in [0.25, 0.3) is 0 Å². The van der Waals surface area contributed by atoms with E-state index < -0.39 is 0 Å². The van der Waals surface area contributed by atoms with E-state index in [1.54, 1.807) is 7.11 Å². The van der Waals surface area contributed by atoms with Crippen LogP contribution in [0.15, 0.2) is 12.1 Å². The van der Waals surface area contributed by atoms with Crippen molar-refractivity contribution >= 4 is 11.6 Å². The third-order valence-corrected chi connectivity index (χ3v) is 2.49. The van der Waals surface area contributed by atoms with Crippen molar-refractivity contribution in [3.05, 3.63) is 28.3 Å². The molecule has 1 aromatic rings. The lowest BCUT2D eigenvalue weighted by molar-refractivity contribution is 0.414. The van der Waals surface area contributed by atoms with Gasteiger partial charge in [0.2, 0.25) is 0 Å². The van der Waals surface area contributed by atoms with Gasteiger partial charge >= 0.3 is 0 Å². The average molecular weight is 214 g/mol. The number of hydrogen-bond acceptors (Lipinski definition) is 2. The van der Waals surface area contributed by atoms with Gasteiger partial charge in [-0.2, -0.15) is 0 Å². The summed E-state index contributed by atoms with van der Waals surface area (Å²) in [4.78, 5) is 0. The third kappa shape index (κ3) is 2.20. The molecule has 0 saturated heterocycles. The van der Waals surface area contributed by atoms with E-state index in [2.05, 4.69) is 0 Å². The van der Waals surface area contributed by atoms with Crippen LogP contribution in [0.3, 0.4) is 0 Å². The Balaban J connectivity index is 3.29. The van der Waals surface area contributed by atoms with Crippen LogP contribution in [-0.2, 0) is 5.54 Å². The standard InChI is InChI=1S/C11H16ClNO/c1-7-5-10(14-4)9(12)6-8(7)11(2,3)13/h5-6H,13H2,1-4H3. The van der Waals surface area contributed by atoms with E-state index in [-0.39, 0.29) is 5.54 Å². The normalized spacial score (nSPS) is 11.6. The lowest BCUT2D eigenvalue weighted by Gasteiger charge is -2.22. The molecule has 0 spiro atoms. The molecule has 0 bridgehead atoms. The van der Waals surface area contributed by atoms with Crippen LogP contribution < -0.4 is 10.5 Å². The zero-order chi connectivity index (χ0) is 10.9. The van der Waals surface area contributed by atoms with Gasteiger partial charge in [0.05, 0.1) is 12.1 Å².